The fraction of sp³-hybridized carbons (Fsp3) is 0.208. The molecular weight excluding hydrogens is 426 g/mol. The van der Waals surface area contributed by atoms with Crippen molar-refractivity contribution in [2.75, 3.05) is 11.9 Å². The van der Waals surface area contributed by atoms with Crippen LogP contribution < -0.4 is 25.6 Å². The van der Waals surface area contributed by atoms with E-state index in [-0.39, 0.29) is 24.5 Å². The zero-order valence-corrected chi connectivity index (χ0v) is 18.0. The van der Waals surface area contributed by atoms with Gasteiger partial charge in [0.1, 0.15) is 17.5 Å². The minimum Gasteiger partial charge on any atom is -0.488 e. The predicted molar refractivity (Wildman–Crippen MR) is 122 cm³/mol. The second-order valence-corrected chi connectivity index (χ2v) is 7.45. The Labute approximate surface area is 188 Å². The summed E-state index contributed by atoms with van der Waals surface area (Å²) in [6.45, 7) is 3.74. The van der Waals surface area contributed by atoms with Crippen LogP contribution in [0.4, 0.5) is 5.69 Å². The molecule has 2 heterocycles. The number of aromatic nitrogens is 2. The van der Waals surface area contributed by atoms with Gasteiger partial charge in [0, 0.05) is 24.5 Å². The summed E-state index contributed by atoms with van der Waals surface area (Å²) in [6.07, 6.45) is 3.47. The monoisotopic (exact) mass is 447 g/mol. The number of aliphatic carboxylic acids is 1. The molecule has 2 N–H and O–H groups in total. The van der Waals surface area contributed by atoms with Gasteiger partial charge in [-0.3, -0.25) is 14.6 Å². The van der Waals surface area contributed by atoms with Crippen LogP contribution in [0.3, 0.4) is 0 Å². The van der Waals surface area contributed by atoms with E-state index in [9.17, 15) is 19.5 Å². The summed E-state index contributed by atoms with van der Waals surface area (Å²) in [7, 11) is 0. The third-order valence-electron chi connectivity index (χ3n) is 5.08. The number of nitrogens with one attached hydrogen (secondary N) is 1. The Morgan fingerprint density at radius 1 is 1.15 bits per heavy atom. The highest BCUT2D eigenvalue weighted by atomic mass is 16.5. The highest BCUT2D eigenvalue weighted by Gasteiger charge is 2.27. The van der Waals surface area contributed by atoms with E-state index in [0.717, 1.165) is 16.5 Å². The highest BCUT2D eigenvalue weighted by molar-refractivity contribution is 5.86. The molecule has 0 aliphatic heterocycles. The van der Waals surface area contributed by atoms with Crippen molar-refractivity contribution >= 4 is 22.4 Å². The van der Waals surface area contributed by atoms with Gasteiger partial charge in [0.25, 0.3) is 10.9 Å². The first-order valence-corrected chi connectivity index (χ1v) is 10.3. The Balaban J connectivity index is 1.50. The van der Waals surface area contributed by atoms with Crippen LogP contribution in [0.5, 0.6) is 17.4 Å². The van der Waals surface area contributed by atoms with E-state index in [2.05, 4.69) is 15.3 Å². The number of hydrogen-bond acceptors (Lipinski definition) is 8. The van der Waals surface area contributed by atoms with Crippen LogP contribution in [-0.4, -0.2) is 33.7 Å². The number of ether oxygens (including phenoxy) is 2. The molecule has 1 unspecified atom stereocenters. The summed E-state index contributed by atoms with van der Waals surface area (Å²) in [5.74, 6) is -0.318. The molecule has 0 aliphatic carbocycles. The normalized spacial score (nSPS) is 11.9. The van der Waals surface area contributed by atoms with Gasteiger partial charge in [-0.15, -0.1) is 0 Å². The summed E-state index contributed by atoms with van der Waals surface area (Å²) in [5, 5.41) is 14.0. The maximum atomic E-state index is 11.8. The Morgan fingerprint density at radius 3 is 2.61 bits per heavy atom. The molecule has 9 nitrogen and oxygen atoms in total. The molecule has 0 aliphatic rings. The van der Waals surface area contributed by atoms with Gasteiger partial charge in [-0.1, -0.05) is 12.1 Å². The first-order valence-electron chi connectivity index (χ1n) is 10.3. The molecule has 0 fully saturated rings. The summed E-state index contributed by atoms with van der Waals surface area (Å²) in [6, 6.07) is 9.59. The van der Waals surface area contributed by atoms with Crippen LogP contribution in [0.25, 0.3) is 10.8 Å². The maximum absolute atomic E-state index is 11.8. The van der Waals surface area contributed by atoms with Crippen molar-refractivity contribution in [3.05, 3.63) is 80.5 Å². The van der Waals surface area contributed by atoms with Crippen molar-refractivity contribution in [3.63, 3.8) is 0 Å². The molecule has 0 radical (unpaired) electrons. The van der Waals surface area contributed by atoms with Gasteiger partial charge in [-0.2, -0.15) is 0 Å². The second-order valence-electron chi connectivity index (χ2n) is 7.45. The van der Waals surface area contributed by atoms with Crippen LogP contribution in [0.2, 0.25) is 0 Å². The number of fused-ring (bicyclic) bond motifs is 1. The minimum atomic E-state index is -1.16. The van der Waals surface area contributed by atoms with Crippen molar-refractivity contribution < 1.29 is 19.4 Å². The first-order chi connectivity index (χ1) is 15.9. The Hall–Kier alpha value is -4.27. The van der Waals surface area contributed by atoms with E-state index in [1.54, 1.807) is 43.6 Å². The average Bonchev–Trinajstić information content (AvgIpc) is 2.81. The van der Waals surface area contributed by atoms with E-state index >= 15 is 0 Å². The number of rotatable bonds is 9. The molecule has 33 heavy (non-hydrogen) atoms. The zero-order valence-electron chi connectivity index (χ0n) is 18.0. The molecule has 168 valence electrons. The Bertz CT molecular complexity index is 1390. The van der Waals surface area contributed by atoms with Crippen molar-refractivity contribution in [1.29, 1.82) is 0 Å². The molecule has 4 aromatic rings. The smallest absolute Gasteiger partial charge is 0.326 e. The van der Waals surface area contributed by atoms with Crippen molar-refractivity contribution in [3.8, 4) is 17.4 Å². The molecule has 1 atom stereocenters. The van der Waals surface area contributed by atoms with Crippen molar-refractivity contribution in [1.82, 2.24) is 9.97 Å². The van der Waals surface area contributed by atoms with E-state index in [1.165, 1.54) is 0 Å². The minimum absolute atomic E-state index is 0.0789. The topological polar surface area (TPSA) is 128 Å². The Kier molecular flexibility index (Phi) is 6.03. The van der Waals surface area contributed by atoms with Gasteiger partial charge >= 0.3 is 5.97 Å². The van der Waals surface area contributed by atoms with Crippen molar-refractivity contribution in [2.45, 2.75) is 26.3 Å². The third-order valence-corrected chi connectivity index (χ3v) is 5.08. The van der Waals surface area contributed by atoms with Gasteiger partial charge in [-0.05, 0) is 49.1 Å². The number of pyridine rings is 2. The number of carboxylic acid groups (broad SMARTS) is 1. The van der Waals surface area contributed by atoms with Crippen molar-refractivity contribution in [2.24, 2.45) is 0 Å². The largest absolute Gasteiger partial charge is 0.488 e. The molecular formula is C24H21N3O6. The second kappa shape index (κ2) is 9.07. The fourth-order valence-electron chi connectivity index (χ4n) is 3.46. The molecule has 4 rings (SSSR count). The van der Waals surface area contributed by atoms with Crippen LogP contribution in [0.1, 0.15) is 18.2 Å². The lowest BCUT2D eigenvalue weighted by atomic mass is 10.0. The summed E-state index contributed by atoms with van der Waals surface area (Å²) in [5.41, 5.74) is -0.124. The quantitative estimate of drug-likeness (QED) is 0.372. The summed E-state index contributed by atoms with van der Waals surface area (Å²) in [4.78, 5) is 43.8. The average molecular weight is 447 g/mol. The first kappa shape index (κ1) is 21.9. The van der Waals surface area contributed by atoms with E-state index in [0.29, 0.717) is 17.2 Å². The fourth-order valence-corrected chi connectivity index (χ4v) is 3.46. The highest BCUT2D eigenvalue weighted by Crippen LogP contribution is 2.28. The number of aryl methyl sites for hydroxylation is 1. The predicted octanol–water partition coefficient (Wildman–Crippen LogP) is 2.83. The summed E-state index contributed by atoms with van der Waals surface area (Å²) >= 11 is 0. The van der Waals surface area contributed by atoms with Crippen LogP contribution >= 0.6 is 0 Å². The lowest BCUT2D eigenvalue weighted by Gasteiger charge is -2.19. The van der Waals surface area contributed by atoms with E-state index in [4.69, 9.17) is 9.47 Å². The molecule has 0 spiro atoms. The molecule has 0 saturated heterocycles. The van der Waals surface area contributed by atoms with E-state index < -0.39 is 22.9 Å². The third kappa shape index (κ3) is 4.52. The molecule has 0 bridgehead atoms. The molecule has 0 amide bonds. The van der Waals surface area contributed by atoms with Gasteiger partial charge in [0.2, 0.25) is 5.88 Å². The number of carbonyl (C=O) groups is 1. The number of anilines is 1. The number of nitrogens with zero attached hydrogens (tertiary/aromatic N) is 2. The number of carboxylic acids is 1. The maximum Gasteiger partial charge on any atom is 0.326 e. The number of benzene rings is 1. The van der Waals surface area contributed by atoms with Crippen LogP contribution in [0, 0.1) is 6.92 Å². The molecule has 2 aromatic carbocycles. The Morgan fingerprint density at radius 2 is 1.91 bits per heavy atom. The van der Waals surface area contributed by atoms with Crippen LogP contribution in [0.15, 0.2) is 58.4 Å². The standard InChI is InChI=1S/C24H21N3O6/c1-3-32-22-19(20(28)21(22)29)27-18(24(30)31)11-14-4-6-16(7-5-14)33-23-17-12-25-9-8-15(17)10-13(2)26-23/h4-10,12,18,27H,3,11H2,1-2H3,(H,30,31). The number of hydrogen-bond donors (Lipinski definition) is 2. The van der Waals surface area contributed by atoms with Crippen LogP contribution in [-0.2, 0) is 11.2 Å². The van der Waals surface area contributed by atoms with E-state index in [1.807, 2.05) is 19.1 Å². The SMILES string of the molecule is CCOc1c(NC(Cc2ccc(Oc3nc(C)cc4ccncc34)cc2)C(=O)O)c(=O)c1=O. The van der Waals surface area contributed by atoms with Gasteiger partial charge in [-0.25, -0.2) is 9.78 Å². The lowest BCUT2D eigenvalue weighted by Crippen LogP contribution is -2.41. The lowest BCUT2D eigenvalue weighted by molar-refractivity contribution is -0.137. The van der Waals surface area contributed by atoms with Gasteiger partial charge in [0.15, 0.2) is 5.75 Å². The van der Waals surface area contributed by atoms with Gasteiger partial charge < -0.3 is 19.9 Å². The summed E-state index contributed by atoms with van der Waals surface area (Å²) < 4.78 is 11.1. The molecule has 0 saturated carbocycles. The zero-order chi connectivity index (χ0) is 23.5. The molecule has 9 heteroatoms. The van der Waals surface area contributed by atoms with Gasteiger partial charge in [0.05, 0.1) is 12.0 Å². The molecule has 2 aromatic heterocycles.